The molecule has 0 aliphatic carbocycles. The molecular weight excluding hydrogens is 312 g/mol. The van der Waals surface area contributed by atoms with Crippen LogP contribution in [0.1, 0.15) is 16.9 Å². The summed E-state index contributed by atoms with van der Waals surface area (Å²) < 4.78 is 1.85. The Morgan fingerprint density at radius 1 is 1.12 bits per heavy atom. The topological polar surface area (TPSA) is 50.2 Å². The Labute approximate surface area is 147 Å². The molecule has 0 bridgehead atoms. The number of para-hydroxylation sites is 1. The predicted octanol–water partition coefficient (Wildman–Crippen LogP) is 3.13. The van der Waals surface area contributed by atoms with Gasteiger partial charge in [0.2, 0.25) is 0 Å². The Bertz CT molecular complexity index is 799. The van der Waals surface area contributed by atoms with E-state index in [0.717, 1.165) is 18.7 Å². The summed E-state index contributed by atoms with van der Waals surface area (Å²) in [4.78, 5) is 18.7. The van der Waals surface area contributed by atoms with Gasteiger partial charge in [-0.25, -0.2) is 0 Å². The molecule has 0 spiro atoms. The second-order valence-corrected chi connectivity index (χ2v) is 5.84. The zero-order valence-electron chi connectivity index (χ0n) is 14.3. The summed E-state index contributed by atoms with van der Waals surface area (Å²) in [5.74, 6) is -0.0729. The zero-order chi connectivity index (χ0) is 17.5. The van der Waals surface area contributed by atoms with Gasteiger partial charge in [0.05, 0.1) is 11.9 Å². The highest BCUT2D eigenvalue weighted by atomic mass is 16.1. The van der Waals surface area contributed by atoms with Gasteiger partial charge in [0.15, 0.2) is 0 Å². The average molecular weight is 334 g/mol. The van der Waals surface area contributed by atoms with Crippen molar-refractivity contribution in [3.05, 3.63) is 78.9 Å². The van der Waals surface area contributed by atoms with Gasteiger partial charge in [0, 0.05) is 38.2 Å². The van der Waals surface area contributed by atoms with Crippen LogP contribution in [0, 0.1) is 0 Å². The van der Waals surface area contributed by atoms with Crippen LogP contribution in [-0.4, -0.2) is 35.6 Å². The molecule has 2 heterocycles. The van der Waals surface area contributed by atoms with Crippen LogP contribution in [-0.2, 0) is 0 Å². The van der Waals surface area contributed by atoms with Crippen LogP contribution in [0.2, 0.25) is 0 Å². The highest BCUT2D eigenvalue weighted by Gasteiger charge is 2.11. The zero-order valence-corrected chi connectivity index (χ0v) is 14.3. The number of benzene rings is 1. The molecule has 0 saturated heterocycles. The van der Waals surface area contributed by atoms with Gasteiger partial charge >= 0.3 is 0 Å². The molecule has 0 unspecified atom stereocenters. The lowest BCUT2D eigenvalue weighted by atomic mass is 10.3. The van der Waals surface area contributed by atoms with E-state index in [1.54, 1.807) is 12.4 Å². The average Bonchev–Trinajstić information content (AvgIpc) is 3.16. The summed E-state index contributed by atoms with van der Waals surface area (Å²) >= 11 is 0. The van der Waals surface area contributed by atoms with Gasteiger partial charge in [-0.15, -0.1) is 0 Å². The third-order valence-electron chi connectivity index (χ3n) is 4.06. The van der Waals surface area contributed by atoms with Gasteiger partial charge < -0.3 is 14.8 Å². The SMILES string of the molecule is CN(CCCNC(=O)c1cccn1-c1cccnc1)c1ccccc1. The normalized spacial score (nSPS) is 10.4. The molecule has 0 aliphatic rings. The molecular formula is C20H22N4O. The Morgan fingerprint density at radius 3 is 2.72 bits per heavy atom. The molecule has 0 radical (unpaired) electrons. The Morgan fingerprint density at radius 2 is 1.96 bits per heavy atom. The molecule has 25 heavy (non-hydrogen) atoms. The fourth-order valence-corrected chi connectivity index (χ4v) is 2.71. The minimum absolute atomic E-state index is 0.0729. The maximum atomic E-state index is 12.4. The molecule has 1 N–H and O–H groups in total. The number of amides is 1. The molecule has 128 valence electrons. The first-order valence-corrected chi connectivity index (χ1v) is 8.38. The number of hydrogen-bond acceptors (Lipinski definition) is 3. The lowest BCUT2D eigenvalue weighted by Gasteiger charge is -2.19. The van der Waals surface area contributed by atoms with Crippen molar-refractivity contribution in [2.24, 2.45) is 0 Å². The molecule has 0 atom stereocenters. The van der Waals surface area contributed by atoms with E-state index in [1.807, 2.05) is 53.2 Å². The largest absolute Gasteiger partial charge is 0.375 e. The molecule has 0 saturated carbocycles. The monoisotopic (exact) mass is 334 g/mol. The highest BCUT2D eigenvalue weighted by molar-refractivity contribution is 5.93. The second kappa shape index (κ2) is 8.15. The van der Waals surface area contributed by atoms with Crippen molar-refractivity contribution < 1.29 is 4.79 Å². The van der Waals surface area contributed by atoms with Crippen molar-refractivity contribution in [2.75, 3.05) is 25.0 Å². The lowest BCUT2D eigenvalue weighted by Crippen LogP contribution is -2.29. The highest BCUT2D eigenvalue weighted by Crippen LogP contribution is 2.12. The summed E-state index contributed by atoms with van der Waals surface area (Å²) in [5, 5.41) is 3.00. The summed E-state index contributed by atoms with van der Waals surface area (Å²) in [6.07, 6.45) is 6.21. The van der Waals surface area contributed by atoms with Crippen molar-refractivity contribution in [1.82, 2.24) is 14.9 Å². The van der Waals surface area contributed by atoms with E-state index in [1.165, 1.54) is 5.69 Å². The predicted molar refractivity (Wildman–Crippen MR) is 100 cm³/mol. The number of pyridine rings is 1. The van der Waals surface area contributed by atoms with E-state index >= 15 is 0 Å². The molecule has 3 rings (SSSR count). The third kappa shape index (κ3) is 4.26. The first-order valence-electron chi connectivity index (χ1n) is 8.38. The number of hydrogen-bond donors (Lipinski definition) is 1. The summed E-state index contributed by atoms with van der Waals surface area (Å²) in [6.45, 7) is 1.52. The second-order valence-electron chi connectivity index (χ2n) is 5.84. The molecule has 0 aliphatic heterocycles. The van der Waals surface area contributed by atoms with Gasteiger partial charge in [-0.2, -0.15) is 0 Å². The van der Waals surface area contributed by atoms with Crippen LogP contribution in [0.15, 0.2) is 73.2 Å². The van der Waals surface area contributed by atoms with Gasteiger partial charge in [0.1, 0.15) is 5.69 Å². The maximum absolute atomic E-state index is 12.4. The number of carbonyl (C=O) groups is 1. The van der Waals surface area contributed by atoms with E-state index < -0.39 is 0 Å². The fraction of sp³-hybridized carbons (Fsp3) is 0.200. The Hall–Kier alpha value is -3.08. The van der Waals surface area contributed by atoms with Crippen LogP contribution in [0.25, 0.3) is 5.69 Å². The lowest BCUT2D eigenvalue weighted by molar-refractivity contribution is 0.0946. The molecule has 3 aromatic rings. The first kappa shape index (κ1) is 16.8. The standard InChI is InChI=1S/C20H22N4O/c1-23(17-8-3-2-4-9-17)14-7-13-22-20(25)19-11-6-15-24(19)18-10-5-12-21-16-18/h2-6,8-12,15-16H,7,13-14H2,1H3,(H,22,25). The minimum Gasteiger partial charge on any atom is -0.375 e. The first-order chi connectivity index (χ1) is 12.3. The van der Waals surface area contributed by atoms with E-state index in [2.05, 4.69) is 34.4 Å². The van der Waals surface area contributed by atoms with Crippen molar-refractivity contribution in [3.63, 3.8) is 0 Å². The molecule has 1 amide bonds. The van der Waals surface area contributed by atoms with Gasteiger partial charge in [-0.1, -0.05) is 18.2 Å². The maximum Gasteiger partial charge on any atom is 0.268 e. The molecule has 5 nitrogen and oxygen atoms in total. The number of nitrogens with one attached hydrogen (secondary N) is 1. The summed E-state index contributed by atoms with van der Waals surface area (Å²) in [7, 11) is 2.06. The van der Waals surface area contributed by atoms with E-state index in [4.69, 9.17) is 0 Å². The number of rotatable bonds is 7. The van der Waals surface area contributed by atoms with E-state index in [9.17, 15) is 4.79 Å². The van der Waals surface area contributed by atoms with Crippen molar-refractivity contribution in [2.45, 2.75) is 6.42 Å². The van der Waals surface area contributed by atoms with Crippen LogP contribution >= 0.6 is 0 Å². The summed E-state index contributed by atoms with van der Waals surface area (Å²) in [5.41, 5.74) is 2.67. The van der Waals surface area contributed by atoms with Crippen LogP contribution in [0.4, 0.5) is 5.69 Å². The van der Waals surface area contributed by atoms with Crippen molar-refractivity contribution in [3.8, 4) is 5.69 Å². The Balaban J connectivity index is 1.52. The van der Waals surface area contributed by atoms with Crippen LogP contribution in [0.5, 0.6) is 0 Å². The van der Waals surface area contributed by atoms with Crippen molar-refractivity contribution >= 4 is 11.6 Å². The molecule has 0 fully saturated rings. The van der Waals surface area contributed by atoms with E-state index in [-0.39, 0.29) is 5.91 Å². The van der Waals surface area contributed by atoms with E-state index in [0.29, 0.717) is 12.2 Å². The minimum atomic E-state index is -0.0729. The van der Waals surface area contributed by atoms with Gasteiger partial charge in [-0.05, 0) is 42.8 Å². The molecule has 1 aromatic carbocycles. The molecule has 2 aromatic heterocycles. The van der Waals surface area contributed by atoms with Crippen molar-refractivity contribution in [1.29, 1.82) is 0 Å². The van der Waals surface area contributed by atoms with Crippen LogP contribution in [0.3, 0.4) is 0 Å². The number of anilines is 1. The van der Waals surface area contributed by atoms with Crippen LogP contribution < -0.4 is 10.2 Å². The van der Waals surface area contributed by atoms with Gasteiger partial charge in [0.25, 0.3) is 5.91 Å². The third-order valence-corrected chi connectivity index (χ3v) is 4.06. The number of aromatic nitrogens is 2. The number of nitrogens with zero attached hydrogens (tertiary/aromatic N) is 3. The molecule has 5 heteroatoms. The fourth-order valence-electron chi connectivity index (χ4n) is 2.71. The van der Waals surface area contributed by atoms with Gasteiger partial charge in [-0.3, -0.25) is 9.78 Å². The number of carbonyl (C=O) groups excluding carboxylic acids is 1. The smallest absolute Gasteiger partial charge is 0.268 e. The quantitative estimate of drug-likeness (QED) is 0.675. The summed E-state index contributed by atoms with van der Waals surface area (Å²) in [6, 6.07) is 17.7. The Kier molecular flexibility index (Phi) is 5.46.